The van der Waals surface area contributed by atoms with Crippen molar-refractivity contribution in [3.63, 3.8) is 0 Å². The minimum absolute atomic E-state index is 0.0625. The first kappa shape index (κ1) is 14.5. The molecule has 100 valence electrons. The maximum Gasteiger partial charge on any atom is 0.326 e. The van der Waals surface area contributed by atoms with E-state index in [0.717, 1.165) is 19.3 Å². The van der Waals surface area contributed by atoms with Gasteiger partial charge in [0, 0.05) is 13.7 Å². The number of carbonyl (C=O) groups excluding carboxylic acids is 1. The number of esters is 1. The maximum absolute atomic E-state index is 12.3. The lowest BCUT2D eigenvalue weighted by atomic mass is 9.74. The van der Waals surface area contributed by atoms with Gasteiger partial charge in [-0.25, -0.2) is 0 Å². The highest BCUT2D eigenvalue weighted by molar-refractivity contribution is 5.82. The molecule has 1 saturated carbocycles. The summed E-state index contributed by atoms with van der Waals surface area (Å²) in [5.41, 5.74) is -0.603. The van der Waals surface area contributed by atoms with Crippen LogP contribution < -0.4 is 5.32 Å². The van der Waals surface area contributed by atoms with Crippen molar-refractivity contribution in [3.8, 4) is 0 Å². The summed E-state index contributed by atoms with van der Waals surface area (Å²) in [6, 6.07) is 0. The van der Waals surface area contributed by atoms with Crippen LogP contribution in [0.1, 0.15) is 40.0 Å². The summed E-state index contributed by atoms with van der Waals surface area (Å²) in [6.07, 6.45) is 2.96. The van der Waals surface area contributed by atoms with Gasteiger partial charge in [-0.1, -0.05) is 20.3 Å². The third-order valence-electron chi connectivity index (χ3n) is 3.87. The second kappa shape index (κ2) is 5.83. The highest BCUT2D eigenvalue weighted by Crippen LogP contribution is 2.46. The number of nitrogens with one attached hydrogen (secondary N) is 1. The van der Waals surface area contributed by atoms with Crippen LogP contribution in [0.25, 0.3) is 0 Å². The molecule has 1 aliphatic carbocycles. The predicted octanol–water partition coefficient (Wildman–Crippen LogP) is 1.73. The first-order valence-electron chi connectivity index (χ1n) is 6.41. The Labute approximate surface area is 104 Å². The summed E-state index contributed by atoms with van der Waals surface area (Å²) >= 11 is 0. The molecule has 1 aliphatic rings. The maximum atomic E-state index is 12.3. The molecular formula is C13H25NO3. The Balaban J connectivity index is 2.80. The third-order valence-corrected chi connectivity index (χ3v) is 3.87. The molecule has 0 saturated heterocycles. The zero-order valence-electron chi connectivity index (χ0n) is 11.5. The summed E-state index contributed by atoms with van der Waals surface area (Å²) < 4.78 is 10.3. The summed E-state index contributed by atoms with van der Waals surface area (Å²) in [4.78, 5) is 12.3. The zero-order valence-corrected chi connectivity index (χ0v) is 11.5. The average molecular weight is 243 g/mol. The number of carbonyl (C=O) groups is 1. The lowest BCUT2D eigenvalue weighted by Gasteiger charge is -2.40. The van der Waals surface area contributed by atoms with Crippen LogP contribution in [0.15, 0.2) is 0 Å². The van der Waals surface area contributed by atoms with E-state index >= 15 is 0 Å². The molecule has 0 aliphatic heterocycles. The van der Waals surface area contributed by atoms with Crippen LogP contribution in [0.2, 0.25) is 0 Å². The first-order valence-corrected chi connectivity index (χ1v) is 6.41. The summed E-state index contributed by atoms with van der Waals surface area (Å²) in [5.74, 6) is -0.112. The Morgan fingerprint density at radius 1 is 1.35 bits per heavy atom. The molecule has 1 atom stereocenters. The van der Waals surface area contributed by atoms with Crippen LogP contribution in [-0.2, 0) is 14.3 Å². The highest BCUT2D eigenvalue weighted by atomic mass is 16.5. The highest BCUT2D eigenvalue weighted by Gasteiger charge is 2.54. The Bertz CT molecular complexity index is 265. The van der Waals surface area contributed by atoms with E-state index in [1.807, 2.05) is 6.92 Å². The van der Waals surface area contributed by atoms with Crippen molar-refractivity contribution in [2.24, 2.45) is 5.41 Å². The fourth-order valence-corrected chi connectivity index (χ4v) is 2.75. The molecule has 0 amide bonds. The Kier molecular flexibility index (Phi) is 4.95. The van der Waals surface area contributed by atoms with Crippen molar-refractivity contribution < 1.29 is 14.3 Å². The molecule has 17 heavy (non-hydrogen) atoms. The van der Waals surface area contributed by atoms with E-state index in [1.54, 1.807) is 7.11 Å². The van der Waals surface area contributed by atoms with Gasteiger partial charge in [-0.3, -0.25) is 10.1 Å². The molecule has 1 rings (SSSR count). The van der Waals surface area contributed by atoms with Crippen LogP contribution >= 0.6 is 0 Å². The van der Waals surface area contributed by atoms with Crippen molar-refractivity contribution in [3.05, 3.63) is 0 Å². The largest absolute Gasteiger partial charge is 0.465 e. The van der Waals surface area contributed by atoms with Crippen molar-refractivity contribution in [1.82, 2.24) is 5.32 Å². The molecule has 0 bridgehead atoms. The van der Waals surface area contributed by atoms with Crippen LogP contribution in [0, 0.1) is 5.41 Å². The van der Waals surface area contributed by atoms with E-state index in [1.165, 1.54) is 0 Å². The van der Waals surface area contributed by atoms with E-state index in [4.69, 9.17) is 9.47 Å². The molecule has 1 fully saturated rings. The van der Waals surface area contributed by atoms with Crippen LogP contribution in [0.4, 0.5) is 0 Å². The summed E-state index contributed by atoms with van der Waals surface area (Å²) in [7, 11) is 1.67. The van der Waals surface area contributed by atoms with E-state index in [9.17, 15) is 4.79 Å². The zero-order chi connectivity index (χ0) is 12.9. The van der Waals surface area contributed by atoms with E-state index in [-0.39, 0.29) is 11.4 Å². The van der Waals surface area contributed by atoms with Crippen LogP contribution in [0.3, 0.4) is 0 Å². The second-order valence-corrected chi connectivity index (χ2v) is 5.28. The molecule has 1 unspecified atom stereocenters. The van der Waals surface area contributed by atoms with E-state index in [0.29, 0.717) is 19.8 Å². The van der Waals surface area contributed by atoms with Gasteiger partial charge in [0.05, 0.1) is 13.2 Å². The van der Waals surface area contributed by atoms with Gasteiger partial charge < -0.3 is 9.47 Å². The van der Waals surface area contributed by atoms with E-state index in [2.05, 4.69) is 19.2 Å². The number of rotatable bonds is 6. The van der Waals surface area contributed by atoms with Crippen LogP contribution in [0.5, 0.6) is 0 Å². The molecule has 0 radical (unpaired) electrons. The minimum atomic E-state index is -0.540. The van der Waals surface area contributed by atoms with Gasteiger partial charge in [0.1, 0.15) is 5.54 Å². The second-order valence-electron chi connectivity index (χ2n) is 5.28. The first-order chi connectivity index (χ1) is 8.00. The molecule has 1 N–H and O–H groups in total. The lowest BCUT2D eigenvalue weighted by molar-refractivity contribution is -0.155. The molecule has 0 aromatic carbocycles. The number of methoxy groups -OCH3 is 1. The number of hydrogen-bond donors (Lipinski definition) is 1. The fourth-order valence-electron chi connectivity index (χ4n) is 2.75. The van der Waals surface area contributed by atoms with Crippen molar-refractivity contribution >= 4 is 5.97 Å². The lowest BCUT2D eigenvalue weighted by Crippen LogP contribution is -2.60. The summed E-state index contributed by atoms with van der Waals surface area (Å²) in [5, 5.41) is 3.37. The monoisotopic (exact) mass is 243 g/mol. The Morgan fingerprint density at radius 3 is 2.53 bits per heavy atom. The van der Waals surface area contributed by atoms with Crippen molar-refractivity contribution in [2.75, 3.05) is 26.9 Å². The molecular weight excluding hydrogens is 218 g/mol. The van der Waals surface area contributed by atoms with E-state index < -0.39 is 5.54 Å². The van der Waals surface area contributed by atoms with Crippen molar-refractivity contribution in [2.45, 2.75) is 45.6 Å². The number of hydrogen-bond acceptors (Lipinski definition) is 4. The Hall–Kier alpha value is -0.610. The van der Waals surface area contributed by atoms with Gasteiger partial charge in [-0.15, -0.1) is 0 Å². The van der Waals surface area contributed by atoms with Gasteiger partial charge in [-0.2, -0.15) is 0 Å². The smallest absolute Gasteiger partial charge is 0.326 e. The standard InChI is InChI=1S/C13H25NO3/c1-5-17-11(15)13(14-9-10-16-4)8-6-7-12(13,2)3/h14H,5-10H2,1-4H3. The quantitative estimate of drug-likeness (QED) is 0.570. The molecule has 0 spiro atoms. The van der Waals surface area contributed by atoms with Crippen LogP contribution in [-0.4, -0.2) is 38.4 Å². The number of ether oxygens (including phenoxy) is 2. The normalized spacial score (nSPS) is 27.1. The minimum Gasteiger partial charge on any atom is -0.465 e. The molecule has 0 aromatic rings. The Morgan fingerprint density at radius 2 is 2.06 bits per heavy atom. The molecule has 4 nitrogen and oxygen atoms in total. The fraction of sp³-hybridized carbons (Fsp3) is 0.923. The molecule has 4 heteroatoms. The van der Waals surface area contributed by atoms with Gasteiger partial charge in [0.2, 0.25) is 0 Å². The van der Waals surface area contributed by atoms with Crippen molar-refractivity contribution in [1.29, 1.82) is 0 Å². The third kappa shape index (κ3) is 2.80. The summed E-state index contributed by atoms with van der Waals surface area (Å²) in [6.45, 7) is 7.84. The average Bonchev–Trinajstić information content (AvgIpc) is 2.56. The van der Waals surface area contributed by atoms with Gasteiger partial charge in [0.15, 0.2) is 0 Å². The van der Waals surface area contributed by atoms with Gasteiger partial charge >= 0.3 is 5.97 Å². The SMILES string of the molecule is CCOC(=O)C1(NCCOC)CCCC1(C)C. The van der Waals surface area contributed by atoms with Gasteiger partial charge in [0.25, 0.3) is 0 Å². The van der Waals surface area contributed by atoms with Gasteiger partial charge in [-0.05, 0) is 25.2 Å². The molecule has 0 heterocycles. The molecule has 0 aromatic heterocycles. The topological polar surface area (TPSA) is 47.6 Å². The predicted molar refractivity (Wildman–Crippen MR) is 66.9 cm³/mol.